The molecule has 1 aliphatic carbocycles. The molecule has 2 aromatic rings. The van der Waals surface area contributed by atoms with E-state index in [0.717, 1.165) is 34.9 Å². The number of hydrogen-bond acceptors (Lipinski definition) is 0. The standard InChI is InChI=1S/C35H46/c1-3-5-7-9-11-13-31-16-20-33(21-17-31)23-25-35-28-26-34(27-29-35)24-22-32-18-14-30(15-19-32)12-10-8-6-4-2/h16-17,20-21,26-30,32H,3-10,12,14-15,18-19,22,24H2,1-2H3/t30-,32-. The second-order valence-electron chi connectivity index (χ2n) is 10.6. The van der Waals surface area contributed by atoms with Crippen LogP contribution in [0.1, 0.15) is 126 Å². The molecule has 186 valence electrons. The van der Waals surface area contributed by atoms with E-state index in [-0.39, 0.29) is 0 Å². The zero-order chi connectivity index (χ0) is 24.6. The Bertz CT molecular complexity index is 947. The third kappa shape index (κ3) is 10.8. The van der Waals surface area contributed by atoms with Crippen LogP contribution in [-0.4, -0.2) is 0 Å². The molecule has 1 fully saturated rings. The second kappa shape index (κ2) is 16.3. The summed E-state index contributed by atoms with van der Waals surface area (Å²) >= 11 is 0. The summed E-state index contributed by atoms with van der Waals surface area (Å²) < 4.78 is 0. The Morgan fingerprint density at radius 3 is 1.69 bits per heavy atom. The second-order valence-corrected chi connectivity index (χ2v) is 10.6. The zero-order valence-corrected chi connectivity index (χ0v) is 22.4. The Balaban J connectivity index is 1.38. The van der Waals surface area contributed by atoms with Crippen molar-refractivity contribution in [3.05, 3.63) is 70.8 Å². The first kappa shape index (κ1) is 27.2. The minimum Gasteiger partial charge on any atom is -0.0979 e. The molecule has 0 aliphatic heterocycles. The van der Waals surface area contributed by atoms with Gasteiger partial charge in [-0.15, -0.1) is 0 Å². The van der Waals surface area contributed by atoms with E-state index in [1.54, 1.807) is 0 Å². The maximum Gasteiger partial charge on any atom is 0.0249 e. The molecule has 0 atom stereocenters. The molecule has 0 aromatic heterocycles. The van der Waals surface area contributed by atoms with E-state index in [1.165, 1.54) is 95.5 Å². The Hall–Kier alpha value is -2.44. The van der Waals surface area contributed by atoms with Gasteiger partial charge >= 0.3 is 0 Å². The van der Waals surface area contributed by atoms with Gasteiger partial charge in [-0.25, -0.2) is 0 Å². The van der Waals surface area contributed by atoms with Crippen LogP contribution in [0.15, 0.2) is 48.5 Å². The van der Waals surface area contributed by atoms with Crippen molar-refractivity contribution >= 4 is 0 Å². The summed E-state index contributed by atoms with van der Waals surface area (Å²) in [5, 5.41) is 0. The molecule has 0 heteroatoms. The van der Waals surface area contributed by atoms with Crippen molar-refractivity contribution in [3.63, 3.8) is 0 Å². The first-order chi connectivity index (χ1) is 17.3. The Kier molecular flexibility index (Phi) is 12.6. The van der Waals surface area contributed by atoms with Crippen LogP contribution in [0.25, 0.3) is 0 Å². The number of benzene rings is 2. The van der Waals surface area contributed by atoms with Crippen molar-refractivity contribution in [1.82, 2.24) is 0 Å². The van der Waals surface area contributed by atoms with Gasteiger partial charge in [-0.05, 0) is 73.1 Å². The van der Waals surface area contributed by atoms with Gasteiger partial charge in [0, 0.05) is 23.1 Å². The lowest BCUT2D eigenvalue weighted by Gasteiger charge is -2.28. The number of aryl methyl sites for hydroxylation is 1. The van der Waals surface area contributed by atoms with E-state index >= 15 is 0 Å². The molecule has 0 N–H and O–H groups in total. The van der Waals surface area contributed by atoms with Crippen molar-refractivity contribution in [3.8, 4) is 23.7 Å². The fourth-order valence-electron chi connectivity index (χ4n) is 5.20. The molecule has 0 bridgehead atoms. The molecule has 2 aromatic carbocycles. The highest BCUT2D eigenvalue weighted by Crippen LogP contribution is 2.34. The molecular weight excluding hydrogens is 420 g/mol. The van der Waals surface area contributed by atoms with Gasteiger partial charge < -0.3 is 0 Å². The largest absolute Gasteiger partial charge is 0.0979 e. The number of rotatable bonds is 11. The predicted molar refractivity (Wildman–Crippen MR) is 152 cm³/mol. The van der Waals surface area contributed by atoms with Gasteiger partial charge in [0.1, 0.15) is 0 Å². The molecule has 0 radical (unpaired) electrons. The van der Waals surface area contributed by atoms with E-state index in [2.05, 4.69) is 86.1 Å². The number of hydrogen-bond donors (Lipinski definition) is 0. The van der Waals surface area contributed by atoms with Gasteiger partial charge in [0.05, 0.1) is 0 Å². The molecule has 0 heterocycles. The fourth-order valence-corrected chi connectivity index (χ4v) is 5.20. The third-order valence-corrected chi connectivity index (χ3v) is 7.60. The van der Waals surface area contributed by atoms with Crippen LogP contribution in [0, 0.1) is 35.5 Å². The van der Waals surface area contributed by atoms with Crippen LogP contribution >= 0.6 is 0 Å². The van der Waals surface area contributed by atoms with Gasteiger partial charge in [0.2, 0.25) is 0 Å². The summed E-state index contributed by atoms with van der Waals surface area (Å²) in [7, 11) is 0. The van der Waals surface area contributed by atoms with Crippen LogP contribution in [0.3, 0.4) is 0 Å². The molecule has 0 unspecified atom stereocenters. The van der Waals surface area contributed by atoms with Crippen LogP contribution in [0.4, 0.5) is 0 Å². The smallest absolute Gasteiger partial charge is 0.0249 e. The SMILES string of the molecule is CCCCCC#Cc1ccc(C#Cc2ccc(CC[C@H]3CC[C@H](CCCCCC)CC3)cc2)cc1. The molecule has 1 aliphatic rings. The van der Waals surface area contributed by atoms with E-state index in [1.807, 2.05) is 0 Å². The Morgan fingerprint density at radius 1 is 0.571 bits per heavy atom. The van der Waals surface area contributed by atoms with Crippen molar-refractivity contribution in [2.75, 3.05) is 0 Å². The average Bonchev–Trinajstić information content (AvgIpc) is 2.90. The van der Waals surface area contributed by atoms with Gasteiger partial charge in [0.25, 0.3) is 0 Å². The Morgan fingerprint density at radius 2 is 1.09 bits per heavy atom. The normalized spacial score (nSPS) is 17.2. The Labute approximate surface area is 216 Å². The summed E-state index contributed by atoms with van der Waals surface area (Å²) in [6, 6.07) is 17.3. The maximum atomic E-state index is 3.32. The van der Waals surface area contributed by atoms with E-state index in [0.29, 0.717) is 0 Å². The summed E-state index contributed by atoms with van der Waals surface area (Å²) in [4.78, 5) is 0. The minimum absolute atomic E-state index is 0.936. The molecule has 0 nitrogen and oxygen atoms in total. The average molecular weight is 467 g/mol. The summed E-state index contributed by atoms with van der Waals surface area (Å²) in [5.41, 5.74) is 4.68. The van der Waals surface area contributed by atoms with Crippen LogP contribution in [-0.2, 0) is 6.42 Å². The zero-order valence-electron chi connectivity index (χ0n) is 22.4. The number of unbranched alkanes of at least 4 members (excludes halogenated alkanes) is 6. The molecule has 35 heavy (non-hydrogen) atoms. The van der Waals surface area contributed by atoms with Crippen molar-refractivity contribution in [2.24, 2.45) is 11.8 Å². The molecular formula is C35H46. The molecule has 1 saturated carbocycles. The first-order valence-corrected chi connectivity index (χ1v) is 14.5. The fraction of sp³-hybridized carbons (Fsp3) is 0.543. The highest BCUT2D eigenvalue weighted by atomic mass is 14.3. The molecule has 0 spiro atoms. The maximum absolute atomic E-state index is 3.32. The lowest BCUT2D eigenvalue weighted by atomic mass is 9.77. The van der Waals surface area contributed by atoms with Crippen molar-refractivity contribution < 1.29 is 0 Å². The van der Waals surface area contributed by atoms with E-state index in [4.69, 9.17) is 0 Å². The van der Waals surface area contributed by atoms with Gasteiger partial charge in [-0.2, -0.15) is 0 Å². The molecule has 0 saturated heterocycles. The lowest BCUT2D eigenvalue weighted by molar-refractivity contribution is 0.249. The van der Waals surface area contributed by atoms with Crippen LogP contribution < -0.4 is 0 Å². The third-order valence-electron chi connectivity index (χ3n) is 7.60. The quantitative estimate of drug-likeness (QED) is 0.228. The van der Waals surface area contributed by atoms with Gasteiger partial charge in [0.15, 0.2) is 0 Å². The summed E-state index contributed by atoms with van der Waals surface area (Å²) in [6.45, 7) is 4.53. The van der Waals surface area contributed by atoms with Gasteiger partial charge in [-0.3, -0.25) is 0 Å². The van der Waals surface area contributed by atoms with E-state index in [9.17, 15) is 0 Å². The minimum atomic E-state index is 0.936. The highest BCUT2D eigenvalue weighted by molar-refractivity contribution is 5.46. The molecule has 0 amide bonds. The summed E-state index contributed by atoms with van der Waals surface area (Å²) in [6.07, 6.45) is 20.3. The predicted octanol–water partition coefficient (Wildman–Crippen LogP) is 9.73. The lowest BCUT2D eigenvalue weighted by Crippen LogP contribution is -2.15. The summed E-state index contributed by atoms with van der Waals surface area (Å²) in [5.74, 6) is 15.1. The monoisotopic (exact) mass is 466 g/mol. The topological polar surface area (TPSA) is 0 Å². The van der Waals surface area contributed by atoms with Crippen LogP contribution in [0.2, 0.25) is 0 Å². The van der Waals surface area contributed by atoms with Crippen molar-refractivity contribution in [2.45, 2.75) is 110 Å². The van der Waals surface area contributed by atoms with Gasteiger partial charge in [-0.1, -0.05) is 120 Å². The molecule has 3 rings (SSSR count). The van der Waals surface area contributed by atoms with Crippen molar-refractivity contribution in [1.29, 1.82) is 0 Å². The highest BCUT2D eigenvalue weighted by Gasteiger charge is 2.20. The van der Waals surface area contributed by atoms with Crippen LogP contribution in [0.5, 0.6) is 0 Å². The van der Waals surface area contributed by atoms with E-state index < -0.39 is 0 Å². The first-order valence-electron chi connectivity index (χ1n) is 14.5.